The molecular weight excluding hydrogens is 520 g/mol. The average molecular weight is 567 g/mol. The first-order chi connectivity index (χ1) is 19.6. The molecule has 11 atom stereocenters. The van der Waals surface area contributed by atoms with Gasteiger partial charge in [0.25, 0.3) is 0 Å². The predicted molar refractivity (Wildman–Crippen MR) is 156 cm³/mol. The molecule has 9 nitrogen and oxygen atoms in total. The number of hydrogen-bond donors (Lipinski definition) is 2. The molecule has 1 aromatic rings. The quantitative estimate of drug-likeness (QED) is 0.157. The number of ether oxygens (including phenoxy) is 2. The van der Waals surface area contributed by atoms with Gasteiger partial charge in [0.15, 0.2) is 0 Å². The third kappa shape index (κ3) is 5.43. The van der Waals surface area contributed by atoms with Crippen molar-refractivity contribution in [3.05, 3.63) is 40.8 Å². The fourth-order valence-corrected chi connectivity index (χ4v) is 9.90. The van der Waals surface area contributed by atoms with Gasteiger partial charge in [0.2, 0.25) is 0 Å². The lowest BCUT2D eigenvalue weighted by Gasteiger charge is -2.64. The molecule has 1 amide bonds. The minimum atomic E-state index is -0.447. The summed E-state index contributed by atoms with van der Waals surface area (Å²) in [6, 6.07) is 9.34. The van der Waals surface area contributed by atoms with Gasteiger partial charge in [-0.15, -0.1) is 0 Å². The molecule has 0 radical (unpaired) electrons. The van der Waals surface area contributed by atoms with Crippen LogP contribution >= 0.6 is 0 Å². The van der Waals surface area contributed by atoms with Crippen molar-refractivity contribution in [2.45, 2.75) is 96.8 Å². The summed E-state index contributed by atoms with van der Waals surface area (Å²) in [6.45, 7) is 6.85. The van der Waals surface area contributed by atoms with Gasteiger partial charge in [0.05, 0.1) is 13.2 Å². The second kappa shape index (κ2) is 11.8. The van der Waals surface area contributed by atoms with Crippen molar-refractivity contribution in [1.82, 2.24) is 0 Å². The Balaban J connectivity index is 1.46. The van der Waals surface area contributed by atoms with E-state index in [0.717, 1.165) is 44.9 Å². The number of carbonyl (C=O) groups is 2. The summed E-state index contributed by atoms with van der Waals surface area (Å²) in [5.74, 6) is 1.12. The van der Waals surface area contributed by atoms with Gasteiger partial charge >= 0.3 is 12.1 Å². The van der Waals surface area contributed by atoms with E-state index in [9.17, 15) is 14.7 Å². The van der Waals surface area contributed by atoms with Crippen molar-refractivity contribution < 1.29 is 24.2 Å². The van der Waals surface area contributed by atoms with Crippen molar-refractivity contribution in [3.63, 3.8) is 0 Å². The molecule has 1 aromatic carbocycles. The number of para-hydroxylation sites is 1. The molecule has 0 spiro atoms. The van der Waals surface area contributed by atoms with Crippen LogP contribution in [0.2, 0.25) is 0 Å². The Labute approximate surface area is 243 Å². The van der Waals surface area contributed by atoms with E-state index in [-0.39, 0.29) is 64.5 Å². The van der Waals surface area contributed by atoms with Gasteiger partial charge in [0.1, 0.15) is 6.10 Å². The van der Waals surface area contributed by atoms with Crippen LogP contribution in [0, 0.1) is 46.3 Å². The van der Waals surface area contributed by atoms with Gasteiger partial charge in [-0.05, 0) is 110 Å². The second-order valence-electron chi connectivity index (χ2n) is 13.7. The molecule has 41 heavy (non-hydrogen) atoms. The van der Waals surface area contributed by atoms with Crippen LogP contribution in [0.5, 0.6) is 0 Å². The smallest absolute Gasteiger partial charge is 0.411 e. The molecular formula is C32H46N4O5. The van der Waals surface area contributed by atoms with Crippen LogP contribution in [-0.2, 0) is 14.3 Å². The summed E-state index contributed by atoms with van der Waals surface area (Å²) in [5, 5.41) is 18.7. The molecule has 5 rings (SSSR count). The Kier molecular flexibility index (Phi) is 8.58. The van der Waals surface area contributed by atoms with Crippen molar-refractivity contribution in [2.24, 2.45) is 51.5 Å². The molecule has 0 unspecified atom stereocenters. The molecule has 4 aliphatic rings. The number of hydrogen-bond acceptors (Lipinski definition) is 6. The molecule has 0 aromatic heterocycles. The summed E-state index contributed by atoms with van der Waals surface area (Å²) in [5.41, 5.74) is 9.41. The second-order valence-corrected chi connectivity index (χ2v) is 13.7. The number of anilines is 1. The molecule has 0 aliphatic heterocycles. The van der Waals surface area contributed by atoms with Crippen LogP contribution in [0.1, 0.15) is 78.6 Å². The number of nitrogens with zero attached hydrogens (tertiary/aromatic N) is 3. The van der Waals surface area contributed by atoms with Crippen LogP contribution in [0.15, 0.2) is 35.4 Å². The van der Waals surface area contributed by atoms with Crippen LogP contribution in [0.4, 0.5) is 10.5 Å². The number of aliphatic hydroxyl groups is 1. The van der Waals surface area contributed by atoms with Gasteiger partial charge in [-0.1, -0.05) is 44.1 Å². The highest BCUT2D eigenvalue weighted by molar-refractivity contribution is 5.84. The Morgan fingerprint density at radius 2 is 1.90 bits per heavy atom. The largest absolute Gasteiger partial charge is 0.469 e. The van der Waals surface area contributed by atoms with Crippen LogP contribution in [-0.4, -0.2) is 42.5 Å². The molecule has 4 fully saturated rings. The highest BCUT2D eigenvalue weighted by atomic mass is 16.6. The third-order valence-corrected chi connectivity index (χ3v) is 12.0. The van der Waals surface area contributed by atoms with Gasteiger partial charge in [-0.25, -0.2) is 4.79 Å². The first kappa shape index (κ1) is 29.7. The number of benzene rings is 1. The standard InChI is InChI=1S/C32H46N4O5/c1-19(10-13-28(38)40-4)23-11-12-24-29-25(31(2)15-14-22(35-36-33)16-20(31)17-26(29)37)18-27(32(23,24)3)41-30(39)34-21-8-6-5-7-9-21/h5-9,19-20,22-27,29,37H,10-18H2,1-4H3,(H,34,39)/t19-,20+,22-,23-,24+,25+,26-,27+,29+,31+,32-/m1/s1. The highest BCUT2D eigenvalue weighted by Gasteiger charge is 2.66. The summed E-state index contributed by atoms with van der Waals surface area (Å²) >= 11 is 0. The zero-order valence-electron chi connectivity index (χ0n) is 24.9. The Morgan fingerprint density at radius 3 is 2.61 bits per heavy atom. The number of amides is 1. The number of aliphatic hydroxyl groups excluding tert-OH is 1. The van der Waals surface area contributed by atoms with E-state index < -0.39 is 12.2 Å². The average Bonchev–Trinajstić information content (AvgIpc) is 3.31. The van der Waals surface area contributed by atoms with Gasteiger partial charge in [-0.3, -0.25) is 10.1 Å². The number of rotatable bonds is 7. The minimum absolute atomic E-state index is 0.0151. The SMILES string of the molecule is COC(=O)CC[C@@H](C)[C@H]1CC[C@H]2[C@@H]3[C@H](O)C[C@@H]4C[C@H](N=[N+]=[N-])CC[C@]4(C)[C@H]3C[C@H](OC(=O)Nc3ccccc3)[C@]12C. The number of azide groups is 1. The minimum Gasteiger partial charge on any atom is -0.469 e. The van der Waals surface area contributed by atoms with Crippen molar-refractivity contribution >= 4 is 17.7 Å². The third-order valence-electron chi connectivity index (χ3n) is 12.0. The zero-order chi connectivity index (χ0) is 29.4. The van der Waals surface area contributed by atoms with E-state index in [2.05, 4.69) is 36.1 Å². The molecule has 4 saturated carbocycles. The van der Waals surface area contributed by atoms with Gasteiger partial charge in [0, 0.05) is 28.5 Å². The molecule has 0 heterocycles. The summed E-state index contributed by atoms with van der Waals surface area (Å²) < 4.78 is 11.3. The monoisotopic (exact) mass is 566 g/mol. The highest BCUT2D eigenvalue weighted by Crippen LogP contribution is 2.69. The van der Waals surface area contributed by atoms with E-state index in [1.54, 1.807) is 0 Å². The molecule has 2 N–H and O–H groups in total. The van der Waals surface area contributed by atoms with Gasteiger partial charge < -0.3 is 14.6 Å². The van der Waals surface area contributed by atoms with Crippen LogP contribution in [0.3, 0.4) is 0 Å². The lowest BCUT2D eigenvalue weighted by atomic mass is 9.43. The Bertz CT molecular complexity index is 1160. The van der Waals surface area contributed by atoms with E-state index in [4.69, 9.17) is 15.0 Å². The van der Waals surface area contributed by atoms with Crippen molar-refractivity contribution in [2.75, 3.05) is 12.4 Å². The summed E-state index contributed by atoms with van der Waals surface area (Å²) in [6.07, 6.45) is 5.89. The normalized spacial score (nSPS) is 40.1. The summed E-state index contributed by atoms with van der Waals surface area (Å²) in [4.78, 5) is 28.4. The predicted octanol–water partition coefficient (Wildman–Crippen LogP) is 7.11. The maximum absolute atomic E-state index is 13.4. The van der Waals surface area contributed by atoms with Gasteiger partial charge in [-0.2, -0.15) is 0 Å². The Hall–Kier alpha value is -2.77. The lowest BCUT2D eigenvalue weighted by Crippen LogP contribution is -2.63. The fourth-order valence-electron chi connectivity index (χ4n) is 9.90. The van der Waals surface area contributed by atoms with Crippen molar-refractivity contribution in [1.29, 1.82) is 0 Å². The number of fused-ring (bicyclic) bond motifs is 5. The number of esters is 1. The molecule has 0 bridgehead atoms. The van der Waals surface area contributed by atoms with E-state index in [0.29, 0.717) is 18.5 Å². The van der Waals surface area contributed by atoms with E-state index in [1.165, 1.54) is 7.11 Å². The number of carbonyl (C=O) groups excluding carboxylic acids is 2. The molecule has 9 heteroatoms. The zero-order valence-corrected chi connectivity index (χ0v) is 24.9. The number of nitrogens with one attached hydrogen (secondary N) is 1. The lowest BCUT2D eigenvalue weighted by molar-refractivity contribution is -0.201. The Morgan fingerprint density at radius 1 is 1.15 bits per heavy atom. The van der Waals surface area contributed by atoms with Crippen molar-refractivity contribution in [3.8, 4) is 0 Å². The molecule has 0 saturated heterocycles. The van der Waals surface area contributed by atoms with E-state index in [1.807, 2.05) is 30.3 Å². The maximum Gasteiger partial charge on any atom is 0.411 e. The topological polar surface area (TPSA) is 134 Å². The first-order valence-electron chi connectivity index (χ1n) is 15.4. The van der Waals surface area contributed by atoms with Crippen LogP contribution in [0.25, 0.3) is 10.4 Å². The van der Waals surface area contributed by atoms with E-state index >= 15 is 0 Å². The van der Waals surface area contributed by atoms with Crippen LogP contribution < -0.4 is 5.32 Å². The molecule has 224 valence electrons. The first-order valence-corrected chi connectivity index (χ1v) is 15.4. The fraction of sp³-hybridized carbons (Fsp3) is 0.750. The summed E-state index contributed by atoms with van der Waals surface area (Å²) in [7, 11) is 1.43. The number of methoxy groups -OCH3 is 1. The molecule has 4 aliphatic carbocycles. The maximum atomic E-state index is 13.4.